The zero-order chi connectivity index (χ0) is 22.5. The van der Waals surface area contributed by atoms with Gasteiger partial charge in [-0.15, -0.1) is 0 Å². The lowest BCUT2D eigenvalue weighted by atomic mass is 10.0. The fraction of sp³-hybridized carbons (Fsp3) is 0.667. The van der Waals surface area contributed by atoms with E-state index in [1.807, 2.05) is 11.1 Å². The summed E-state index contributed by atoms with van der Waals surface area (Å²) in [6, 6.07) is 0.216. The van der Waals surface area contributed by atoms with Gasteiger partial charge in [0.05, 0.1) is 0 Å². The maximum atomic E-state index is 14.3. The van der Waals surface area contributed by atoms with Crippen LogP contribution in [0.2, 0.25) is 0 Å². The molecule has 0 radical (unpaired) electrons. The van der Waals surface area contributed by atoms with Gasteiger partial charge in [-0.05, 0) is 45.6 Å². The Balaban J connectivity index is 2.83. The summed E-state index contributed by atoms with van der Waals surface area (Å²) in [5, 5.41) is 0.451. The Morgan fingerprint density at radius 1 is 1.30 bits per heavy atom. The van der Waals surface area contributed by atoms with Crippen LogP contribution in [0.4, 0.5) is 4.39 Å². The van der Waals surface area contributed by atoms with Crippen molar-refractivity contribution in [1.82, 2.24) is 9.80 Å². The molecule has 0 N–H and O–H groups in total. The maximum Gasteiger partial charge on any atom is 0.225 e. The predicted octanol–water partition coefficient (Wildman–Crippen LogP) is 5.75. The SMILES string of the molecule is C=CC=C(F)C(CCN(CC=NC)CCN(C(=O)C1CCCC1)C(C)CC)=C(C)Cl. The number of amides is 1. The summed E-state index contributed by atoms with van der Waals surface area (Å²) in [6.07, 6.45) is 10.4. The molecule has 0 aromatic carbocycles. The van der Waals surface area contributed by atoms with Gasteiger partial charge in [-0.2, -0.15) is 0 Å². The van der Waals surface area contributed by atoms with Gasteiger partial charge < -0.3 is 4.90 Å². The van der Waals surface area contributed by atoms with Crippen molar-refractivity contribution < 1.29 is 9.18 Å². The molecule has 1 unspecified atom stereocenters. The molecule has 0 bridgehead atoms. The van der Waals surface area contributed by atoms with E-state index in [9.17, 15) is 9.18 Å². The predicted molar refractivity (Wildman–Crippen MR) is 127 cm³/mol. The lowest BCUT2D eigenvalue weighted by molar-refractivity contribution is -0.137. The Hall–Kier alpha value is -1.46. The summed E-state index contributed by atoms with van der Waals surface area (Å²) in [4.78, 5) is 21.4. The molecule has 0 spiro atoms. The third kappa shape index (κ3) is 8.73. The average Bonchev–Trinajstić information content (AvgIpc) is 3.25. The number of allylic oxidation sites excluding steroid dienone is 4. The van der Waals surface area contributed by atoms with Gasteiger partial charge in [-0.25, -0.2) is 4.39 Å². The molecule has 0 heterocycles. The first-order valence-electron chi connectivity index (χ1n) is 11.1. The third-order valence-electron chi connectivity index (χ3n) is 5.94. The molecule has 0 aromatic heterocycles. The molecular formula is C24H39ClFN3O. The molecular weight excluding hydrogens is 401 g/mol. The Morgan fingerprint density at radius 3 is 2.50 bits per heavy atom. The van der Waals surface area contributed by atoms with Gasteiger partial charge >= 0.3 is 0 Å². The normalized spacial score (nSPS) is 17.5. The summed E-state index contributed by atoms with van der Waals surface area (Å²) >= 11 is 6.13. The van der Waals surface area contributed by atoms with Crippen LogP contribution in [0.3, 0.4) is 0 Å². The van der Waals surface area contributed by atoms with Gasteiger partial charge in [-0.1, -0.05) is 44.0 Å². The zero-order valence-corrected chi connectivity index (χ0v) is 19.9. The van der Waals surface area contributed by atoms with E-state index in [1.54, 1.807) is 14.0 Å². The molecule has 0 aliphatic heterocycles. The van der Waals surface area contributed by atoms with E-state index in [-0.39, 0.29) is 17.8 Å². The van der Waals surface area contributed by atoms with Crippen molar-refractivity contribution in [2.24, 2.45) is 10.9 Å². The van der Waals surface area contributed by atoms with Gasteiger partial charge in [0.1, 0.15) is 5.83 Å². The van der Waals surface area contributed by atoms with Crippen molar-refractivity contribution in [2.75, 3.05) is 33.2 Å². The van der Waals surface area contributed by atoms with E-state index in [1.165, 1.54) is 12.2 Å². The second kappa shape index (κ2) is 14.5. The smallest absolute Gasteiger partial charge is 0.225 e. The first-order chi connectivity index (χ1) is 14.3. The zero-order valence-electron chi connectivity index (χ0n) is 19.2. The first kappa shape index (κ1) is 26.6. The largest absolute Gasteiger partial charge is 0.338 e. The van der Waals surface area contributed by atoms with Gasteiger partial charge in [0.15, 0.2) is 0 Å². The van der Waals surface area contributed by atoms with Gasteiger partial charge in [-0.3, -0.25) is 14.7 Å². The topological polar surface area (TPSA) is 35.9 Å². The highest BCUT2D eigenvalue weighted by Crippen LogP contribution is 2.27. The average molecular weight is 440 g/mol. The van der Waals surface area contributed by atoms with Gasteiger partial charge in [0.2, 0.25) is 5.91 Å². The minimum Gasteiger partial charge on any atom is -0.338 e. The van der Waals surface area contributed by atoms with Crippen LogP contribution in [-0.4, -0.2) is 61.2 Å². The monoisotopic (exact) mass is 439 g/mol. The number of rotatable bonds is 13. The van der Waals surface area contributed by atoms with E-state index < -0.39 is 0 Å². The molecule has 1 aliphatic carbocycles. The number of halogens is 2. The van der Waals surface area contributed by atoms with Crippen molar-refractivity contribution in [3.05, 3.63) is 35.2 Å². The Labute approximate surface area is 187 Å². The molecule has 4 nitrogen and oxygen atoms in total. The maximum absolute atomic E-state index is 14.3. The summed E-state index contributed by atoms with van der Waals surface area (Å²) in [5.41, 5.74) is 0.496. The molecule has 1 saturated carbocycles. The lowest BCUT2D eigenvalue weighted by Crippen LogP contribution is -2.46. The quantitative estimate of drug-likeness (QED) is 0.270. The van der Waals surface area contributed by atoms with Crippen LogP contribution in [-0.2, 0) is 4.79 Å². The van der Waals surface area contributed by atoms with Crippen LogP contribution in [0.1, 0.15) is 59.3 Å². The third-order valence-corrected chi connectivity index (χ3v) is 6.16. The van der Waals surface area contributed by atoms with Crippen LogP contribution in [0.5, 0.6) is 0 Å². The first-order valence-corrected chi connectivity index (χ1v) is 11.5. The molecule has 1 atom stereocenters. The summed E-state index contributed by atoms with van der Waals surface area (Å²) < 4.78 is 14.3. The van der Waals surface area contributed by atoms with Crippen molar-refractivity contribution in [2.45, 2.75) is 65.3 Å². The van der Waals surface area contributed by atoms with Gasteiger partial charge in [0.25, 0.3) is 0 Å². The highest BCUT2D eigenvalue weighted by atomic mass is 35.5. The van der Waals surface area contributed by atoms with E-state index in [0.717, 1.165) is 38.6 Å². The number of hydrogen-bond donors (Lipinski definition) is 0. The Kier molecular flexibility index (Phi) is 12.9. The van der Waals surface area contributed by atoms with E-state index in [0.29, 0.717) is 42.6 Å². The standard InChI is InChI=1S/C24H39ClFN3O/c1-6-10-23(26)22(20(4)25)13-15-28(16-14-27-5)17-18-29(19(3)7-2)24(30)21-11-8-9-12-21/h6,10,14,19,21H,1,7-9,11-13,15-18H2,2-5H3. The van der Waals surface area contributed by atoms with E-state index in [2.05, 4.69) is 30.3 Å². The fourth-order valence-corrected chi connectivity index (χ4v) is 4.03. The number of carbonyl (C=O) groups excluding carboxylic acids is 1. The lowest BCUT2D eigenvalue weighted by Gasteiger charge is -2.33. The van der Waals surface area contributed by atoms with E-state index >= 15 is 0 Å². The van der Waals surface area contributed by atoms with Crippen molar-refractivity contribution >= 4 is 23.7 Å². The highest BCUT2D eigenvalue weighted by Gasteiger charge is 2.29. The van der Waals surface area contributed by atoms with Crippen molar-refractivity contribution in [3.63, 3.8) is 0 Å². The molecule has 1 amide bonds. The molecule has 6 heteroatoms. The van der Waals surface area contributed by atoms with Crippen LogP contribution in [0.25, 0.3) is 0 Å². The van der Waals surface area contributed by atoms with Gasteiger partial charge in [0, 0.05) is 62.0 Å². The summed E-state index contributed by atoms with van der Waals surface area (Å²) in [7, 11) is 1.74. The number of hydrogen-bond acceptors (Lipinski definition) is 3. The van der Waals surface area contributed by atoms with Crippen LogP contribution >= 0.6 is 11.6 Å². The molecule has 30 heavy (non-hydrogen) atoms. The van der Waals surface area contributed by atoms with Crippen LogP contribution in [0, 0.1) is 5.92 Å². The molecule has 170 valence electrons. The minimum absolute atomic E-state index is 0.177. The summed E-state index contributed by atoms with van der Waals surface area (Å²) in [5.74, 6) is 0.124. The Morgan fingerprint density at radius 2 is 1.97 bits per heavy atom. The number of carbonyl (C=O) groups is 1. The second-order valence-corrected chi connectivity index (χ2v) is 8.59. The number of nitrogens with zero attached hydrogens (tertiary/aromatic N) is 3. The van der Waals surface area contributed by atoms with Crippen molar-refractivity contribution in [3.8, 4) is 0 Å². The number of aliphatic imine (C=N–C) groups is 1. The Bertz CT molecular complexity index is 634. The van der Waals surface area contributed by atoms with Crippen LogP contribution in [0.15, 0.2) is 40.2 Å². The van der Waals surface area contributed by atoms with Crippen LogP contribution < -0.4 is 0 Å². The molecule has 1 fully saturated rings. The fourth-order valence-electron chi connectivity index (χ4n) is 3.85. The second-order valence-electron chi connectivity index (χ2n) is 8.02. The minimum atomic E-state index is -0.348. The molecule has 0 aromatic rings. The molecule has 1 rings (SSSR count). The highest BCUT2D eigenvalue weighted by molar-refractivity contribution is 6.29. The summed E-state index contributed by atoms with van der Waals surface area (Å²) in [6.45, 7) is 12.2. The molecule has 0 saturated heterocycles. The molecule has 1 aliphatic rings. The van der Waals surface area contributed by atoms with E-state index in [4.69, 9.17) is 11.6 Å². The van der Waals surface area contributed by atoms with Crippen molar-refractivity contribution in [1.29, 1.82) is 0 Å².